The van der Waals surface area contributed by atoms with Gasteiger partial charge >= 0.3 is 0 Å². The predicted molar refractivity (Wildman–Crippen MR) is 89.9 cm³/mol. The molecule has 0 amide bonds. The van der Waals surface area contributed by atoms with Gasteiger partial charge in [-0.25, -0.2) is 0 Å². The minimum absolute atomic E-state index is 0.405. The highest BCUT2D eigenvalue weighted by Crippen LogP contribution is 2.31. The van der Waals surface area contributed by atoms with Crippen LogP contribution in [0.5, 0.6) is 5.75 Å². The van der Waals surface area contributed by atoms with Crippen LogP contribution in [0.15, 0.2) is 24.3 Å². The Morgan fingerprint density at radius 3 is 2.48 bits per heavy atom. The summed E-state index contributed by atoms with van der Waals surface area (Å²) in [5.74, 6) is 2.66. The molecule has 4 atom stereocenters. The minimum Gasteiger partial charge on any atom is -0.490 e. The number of benzene rings is 1. The fourth-order valence-electron chi connectivity index (χ4n) is 3.28. The topological polar surface area (TPSA) is 21.3 Å². The monoisotopic (exact) mass is 289 g/mol. The first-order valence-electron chi connectivity index (χ1n) is 8.57. The molecule has 1 aromatic carbocycles. The molecule has 2 nitrogen and oxygen atoms in total. The SMILES string of the molecule is CCNC(C)Cc1ccc(OC2CCC(C)C(C)C2)cc1. The van der Waals surface area contributed by atoms with E-state index in [1.54, 1.807) is 0 Å². The van der Waals surface area contributed by atoms with Crippen molar-refractivity contribution in [1.29, 1.82) is 0 Å². The summed E-state index contributed by atoms with van der Waals surface area (Å²) < 4.78 is 6.17. The molecule has 2 heteroatoms. The van der Waals surface area contributed by atoms with Gasteiger partial charge in [0.2, 0.25) is 0 Å². The van der Waals surface area contributed by atoms with Crippen LogP contribution < -0.4 is 10.1 Å². The van der Waals surface area contributed by atoms with Crippen molar-refractivity contribution < 1.29 is 4.74 Å². The highest BCUT2D eigenvalue weighted by atomic mass is 16.5. The van der Waals surface area contributed by atoms with E-state index in [0.29, 0.717) is 12.1 Å². The molecule has 1 saturated carbocycles. The second-order valence-electron chi connectivity index (χ2n) is 6.81. The summed E-state index contributed by atoms with van der Waals surface area (Å²) in [6.45, 7) is 10.1. The lowest BCUT2D eigenvalue weighted by Gasteiger charge is -2.32. The van der Waals surface area contributed by atoms with E-state index in [4.69, 9.17) is 4.74 Å². The highest BCUT2D eigenvalue weighted by Gasteiger charge is 2.25. The van der Waals surface area contributed by atoms with Crippen molar-refractivity contribution in [3.63, 3.8) is 0 Å². The Hall–Kier alpha value is -1.02. The van der Waals surface area contributed by atoms with Crippen molar-refractivity contribution in [1.82, 2.24) is 5.32 Å². The van der Waals surface area contributed by atoms with Crippen LogP contribution in [0.1, 0.15) is 52.5 Å². The largest absolute Gasteiger partial charge is 0.490 e. The molecule has 0 aliphatic heterocycles. The van der Waals surface area contributed by atoms with Gasteiger partial charge in [0.15, 0.2) is 0 Å². The molecule has 4 unspecified atom stereocenters. The van der Waals surface area contributed by atoms with E-state index in [2.05, 4.69) is 57.3 Å². The summed E-state index contributed by atoms with van der Waals surface area (Å²) in [7, 11) is 0. The van der Waals surface area contributed by atoms with E-state index in [1.807, 2.05) is 0 Å². The zero-order chi connectivity index (χ0) is 15.2. The Morgan fingerprint density at radius 1 is 1.14 bits per heavy atom. The Labute approximate surface area is 130 Å². The third-order valence-electron chi connectivity index (χ3n) is 4.87. The Kier molecular flexibility index (Phi) is 6.10. The number of likely N-dealkylation sites (N-methyl/N-ethyl adjacent to an activating group) is 1. The first kappa shape index (κ1) is 16.4. The van der Waals surface area contributed by atoms with Gasteiger partial charge in [-0.2, -0.15) is 0 Å². The molecule has 0 heterocycles. The minimum atomic E-state index is 0.405. The van der Waals surface area contributed by atoms with Crippen LogP contribution in [-0.2, 0) is 6.42 Å². The van der Waals surface area contributed by atoms with Crippen LogP contribution in [0.25, 0.3) is 0 Å². The Bertz CT molecular complexity index is 414. The number of nitrogens with one attached hydrogen (secondary N) is 1. The second kappa shape index (κ2) is 7.84. The van der Waals surface area contributed by atoms with Gasteiger partial charge in [0.1, 0.15) is 5.75 Å². The van der Waals surface area contributed by atoms with E-state index in [9.17, 15) is 0 Å². The summed E-state index contributed by atoms with van der Waals surface area (Å²) >= 11 is 0. The molecule has 1 N–H and O–H groups in total. The first-order chi connectivity index (χ1) is 10.1. The van der Waals surface area contributed by atoms with Crippen molar-refractivity contribution in [2.45, 2.75) is 65.5 Å². The number of hydrogen-bond donors (Lipinski definition) is 1. The first-order valence-corrected chi connectivity index (χ1v) is 8.57. The molecular formula is C19H31NO. The molecule has 21 heavy (non-hydrogen) atoms. The van der Waals surface area contributed by atoms with Gasteiger partial charge in [0.25, 0.3) is 0 Å². The van der Waals surface area contributed by atoms with Gasteiger partial charge in [0, 0.05) is 6.04 Å². The molecule has 1 aromatic rings. The van der Waals surface area contributed by atoms with Crippen LogP contribution in [-0.4, -0.2) is 18.7 Å². The molecule has 0 aromatic heterocycles. The van der Waals surface area contributed by atoms with E-state index < -0.39 is 0 Å². The van der Waals surface area contributed by atoms with Gasteiger partial charge in [0.05, 0.1) is 6.10 Å². The maximum absolute atomic E-state index is 6.17. The third kappa shape index (κ3) is 5.03. The predicted octanol–water partition coefficient (Wildman–Crippen LogP) is 4.43. The van der Waals surface area contributed by atoms with Gasteiger partial charge in [-0.15, -0.1) is 0 Å². The molecule has 1 aliphatic carbocycles. The lowest BCUT2D eigenvalue weighted by Crippen LogP contribution is -2.28. The van der Waals surface area contributed by atoms with Crippen molar-refractivity contribution >= 4 is 0 Å². The van der Waals surface area contributed by atoms with Gasteiger partial charge in [-0.1, -0.05) is 32.9 Å². The number of ether oxygens (including phenoxy) is 1. The molecule has 0 radical (unpaired) electrons. The molecule has 2 rings (SSSR count). The van der Waals surface area contributed by atoms with Crippen molar-refractivity contribution in [3.8, 4) is 5.75 Å². The molecule has 0 bridgehead atoms. The maximum atomic E-state index is 6.17. The number of hydrogen-bond acceptors (Lipinski definition) is 2. The molecule has 1 fully saturated rings. The van der Waals surface area contributed by atoms with Crippen molar-refractivity contribution in [2.24, 2.45) is 11.8 Å². The van der Waals surface area contributed by atoms with E-state index in [0.717, 1.165) is 30.6 Å². The molecule has 1 aliphatic rings. The summed E-state index contributed by atoms with van der Waals surface area (Å²) in [5.41, 5.74) is 1.38. The van der Waals surface area contributed by atoms with Crippen LogP contribution in [0.2, 0.25) is 0 Å². The fourth-order valence-corrected chi connectivity index (χ4v) is 3.28. The van der Waals surface area contributed by atoms with Gasteiger partial charge < -0.3 is 10.1 Å². The van der Waals surface area contributed by atoms with E-state index in [-0.39, 0.29) is 0 Å². The van der Waals surface area contributed by atoms with Crippen LogP contribution in [0.3, 0.4) is 0 Å². The quantitative estimate of drug-likeness (QED) is 0.836. The zero-order valence-corrected chi connectivity index (χ0v) is 14.1. The average molecular weight is 289 g/mol. The molecular weight excluding hydrogens is 258 g/mol. The second-order valence-corrected chi connectivity index (χ2v) is 6.81. The smallest absolute Gasteiger partial charge is 0.119 e. The van der Waals surface area contributed by atoms with Crippen LogP contribution >= 0.6 is 0 Å². The molecule has 0 spiro atoms. The van der Waals surface area contributed by atoms with E-state index >= 15 is 0 Å². The molecule has 118 valence electrons. The average Bonchev–Trinajstić information content (AvgIpc) is 2.45. The maximum Gasteiger partial charge on any atom is 0.119 e. The van der Waals surface area contributed by atoms with Crippen LogP contribution in [0, 0.1) is 11.8 Å². The van der Waals surface area contributed by atoms with Gasteiger partial charge in [-0.3, -0.25) is 0 Å². The standard InChI is InChI=1S/C19H31NO/c1-5-20-16(4)13-17-7-10-18(11-8-17)21-19-9-6-14(2)15(3)12-19/h7-8,10-11,14-16,19-20H,5-6,9,12-13H2,1-4H3. The van der Waals surface area contributed by atoms with Crippen molar-refractivity contribution in [3.05, 3.63) is 29.8 Å². The normalized spacial score (nSPS) is 27.3. The lowest BCUT2D eigenvalue weighted by atomic mass is 9.80. The lowest BCUT2D eigenvalue weighted by molar-refractivity contribution is 0.101. The summed E-state index contributed by atoms with van der Waals surface area (Å²) in [6, 6.07) is 9.21. The summed E-state index contributed by atoms with van der Waals surface area (Å²) in [4.78, 5) is 0. The van der Waals surface area contributed by atoms with E-state index in [1.165, 1.54) is 24.8 Å². The zero-order valence-electron chi connectivity index (χ0n) is 14.1. The number of rotatable bonds is 6. The Morgan fingerprint density at radius 2 is 1.86 bits per heavy atom. The Balaban J connectivity index is 1.85. The third-order valence-corrected chi connectivity index (χ3v) is 4.87. The highest BCUT2D eigenvalue weighted by molar-refractivity contribution is 5.28. The fraction of sp³-hybridized carbons (Fsp3) is 0.684. The van der Waals surface area contributed by atoms with Gasteiger partial charge in [-0.05, 0) is 68.7 Å². The summed E-state index contributed by atoms with van der Waals surface area (Å²) in [6.07, 6.45) is 5.17. The van der Waals surface area contributed by atoms with Crippen LogP contribution in [0.4, 0.5) is 0 Å². The molecule has 0 saturated heterocycles. The van der Waals surface area contributed by atoms with Crippen molar-refractivity contribution in [2.75, 3.05) is 6.54 Å². The summed E-state index contributed by atoms with van der Waals surface area (Å²) in [5, 5.41) is 3.45.